The highest BCUT2D eigenvalue weighted by atomic mass is 32.1. The van der Waals surface area contributed by atoms with Gasteiger partial charge in [0.2, 0.25) is 0 Å². The number of halogens is 1. The molecule has 0 amide bonds. The molecule has 0 saturated carbocycles. The van der Waals surface area contributed by atoms with Gasteiger partial charge in [-0.2, -0.15) is 0 Å². The number of benzene rings is 1. The first-order valence-electron chi connectivity index (χ1n) is 6.01. The van der Waals surface area contributed by atoms with E-state index in [4.69, 9.17) is 12.2 Å². The average molecular weight is 283 g/mol. The fourth-order valence-corrected chi connectivity index (χ4v) is 2.14. The van der Waals surface area contributed by atoms with Gasteiger partial charge in [-0.3, -0.25) is 4.98 Å². The van der Waals surface area contributed by atoms with Crippen molar-refractivity contribution in [3.8, 4) is 22.6 Å². The number of H-pyrrole nitrogens is 1. The van der Waals surface area contributed by atoms with E-state index in [9.17, 15) is 4.39 Å². The summed E-state index contributed by atoms with van der Waals surface area (Å²) in [6.45, 7) is 0. The normalized spacial score (nSPS) is 10.4. The number of nitrogens with one attached hydrogen (secondary N) is 1. The van der Waals surface area contributed by atoms with E-state index in [-0.39, 0.29) is 0 Å². The molecular formula is C15H10FN3S. The molecule has 98 valence electrons. The molecule has 2 heterocycles. The summed E-state index contributed by atoms with van der Waals surface area (Å²) < 4.78 is 14.2. The Morgan fingerprint density at radius 1 is 1.10 bits per heavy atom. The third kappa shape index (κ3) is 2.48. The standard InChI is InChI=1S/C15H10FN3S/c16-12-9-17-7-6-11(12)13-8-14(20)19-15(18-13)10-4-2-1-3-5-10/h1-9H,(H,18,19,20). The second-order valence-corrected chi connectivity index (χ2v) is 4.62. The second kappa shape index (κ2) is 5.30. The van der Waals surface area contributed by atoms with Crippen LogP contribution in [0.25, 0.3) is 22.6 Å². The molecule has 1 N–H and O–H groups in total. The number of hydrogen-bond donors (Lipinski definition) is 1. The predicted octanol–water partition coefficient (Wildman–Crippen LogP) is 4.01. The van der Waals surface area contributed by atoms with Crippen LogP contribution in [-0.4, -0.2) is 15.0 Å². The van der Waals surface area contributed by atoms with E-state index in [1.54, 1.807) is 12.1 Å². The Kier molecular flexibility index (Phi) is 3.35. The largest absolute Gasteiger partial charge is 0.339 e. The Labute approximate surface area is 120 Å². The number of aromatic nitrogens is 3. The van der Waals surface area contributed by atoms with Gasteiger partial charge in [-0.15, -0.1) is 0 Å². The van der Waals surface area contributed by atoms with Crippen LogP contribution in [0.2, 0.25) is 0 Å². The molecule has 2 aromatic heterocycles. The molecule has 3 rings (SSSR count). The lowest BCUT2D eigenvalue weighted by molar-refractivity contribution is 0.624. The van der Waals surface area contributed by atoms with Gasteiger partial charge in [0, 0.05) is 17.3 Å². The monoisotopic (exact) mass is 283 g/mol. The Balaban J connectivity index is 2.18. The third-order valence-electron chi connectivity index (χ3n) is 2.85. The summed E-state index contributed by atoms with van der Waals surface area (Å²) in [4.78, 5) is 11.1. The molecule has 0 unspecified atom stereocenters. The van der Waals surface area contributed by atoms with Gasteiger partial charge >= 0.3 is 0 Å². The summed E-state index contributed by atoms with van der Waals surface area (Å²) in [7, 11) is 0. The summed E-state index contributed by atoms with van der Waals surface area (Å²) in [5.74, 6) is 0.215. The van der Waals surface area contributed by atoms with Crippen LogP contribution in [0.4, 0.5) is 4.39 Å². The quantitative estimate of drug-likeness (QED) is 0.723. The molecule has 3 nitrogen and oxygen atoms in total. The molecule has 5 heteroatoms. The maximum atomic E-state index is 13.8. The maximum Gasteiger partial charge on any atom is 0.150 e. The zero-order valence-electron chi connectivity index (χ0n) is 10.4. The fraction of sp³-hybridized carbons (Fsp3) is 0. The smallest absolute Gasteiger partial charge is 0.150 e. The Morgan fingerprint density at radius 2 is 1.90 bits per heavy atom. The van der Waals surface area contributed by atoms with Gasteiger partial charge in [-0.25, -0.2) is 9.37 Å². The van der Waals surface area contributed by atoms with Gasteiger partial charge in [0.1, 0.15) is 10.5 Å². The van der Waals surface area contributed by atoms with Gasteiger partial charge in [-0.1, -0.05) is 42.5 Å². The van der Waals surface area contributed by atoms with Crippen LogP contribution in [0.15, 0.2) is 54.9 Å². The van der Waals surface area contributed by atoms with Crippen LogP contribution in [0.1, 0.15) is 0 Å². The Morgan fingerprint density at radius 3 is 2.65 bits per heavy atom. The molecule has 0 saturated heterocycles. The van der Waals surface area contributed by atoms with Crippen molar-refractivity contribution in [2.24, 2.45) is 0 Å². The van der Waals surface area contributed by atoms with E-state index < -0.39 is 5.82 Å². The molecule has 0 radical (unpaired) electrons. The molecule has 0 bridgehead atoms. The van der Waals surface area contributed by atoms with Gasteiger partial charge in [0.15, 0.2) is 5.82 Å². The molecule has 3 aromatic rings. The van der Waals surface area contributed by atoms with Crippen molar-refractivity contribution < 1.29 is 4.39 Å². The zero-order valence-corrected chi connectivity index (χ0v) is 11.2. The summed E-state index contributed by atoms with van der Waals surface area (Å²) in [6, 6.07) is 12.8. The molecule has 0 aliphatic heterocycles. The van der Waals surface area contributed by atoms with E-state index in [1.807, 2.05) is 30.3 Å². The second-order valence-electron chi connectivity index (χ2n) is 4.20. The summed E-state index contributed by atoms with van der Waals surface area (Å²) in [5, 5.41) is 0. The first kappa shape index (κ1) is 12.6. The van der Waals surface area contributed by atoms with E-state index >= 15 is 0 Å². The van der Waals surface area contributed by atoms with Crippen LogP contribution in [0, 0.1) is 10.5 Å². The minimum absolute atomic E-state index is 0.400. The molecular weight excluding hydrogens is 273 g/mol. The van der Waals surface area contributed by atoms with Crippen molar-refractivity contribution in [1.29, 1.82) is 0 Å². The highest BCUT2D eigenvalue weighted by molar-refractivity contribution is 7.71. The van der Waals surface area contributed by atoms with E-state index in [0.717, 1.165) is 5.56 Å². The maximum absolute atomic E-state index is 13.8. The summed E-state index contributed by atoms with van der Waals surface area (Å²) in [5.41, 5.74) is 1.91. The Bertz CT molecular complexity index is 799. The van der Waals surface area contributed by atoms with Crippen LogP contribution in [0.3, 0.4) is 0 Å². The highest BCUT2D eigenvalue weighted by Crippen LogP contribution is 2.22. The molecule has 0 fully saturated rings. The van der Waals surface area contributed by atoms with Gasteiger partial charge in [0.05, 0.1) is 11.9 Å². The molecule has 1 aromatic carbocycles. The van der Waals surface area contributed by atoms with Crippen molar-refractivity contribution in [1.82, 2.24) is 15.0 Å². The van der Waals surface area contributed by atoms with Crippen LogP contribution in [0.5, 0.6) is 0 Å². The van der Waals surface area contributed by atoms with Gasteiger partial charge in [0.25, 0.3) is 0 Å². The first-order chi connectivity index (χ1) is 9.74. The van der Waals surface area contributed by atoms with Crippen molar-refractivity contribution in [2.75, 3.05) is 0 Å². The van der Waals surface area contributed by atoms with Crippen LogP contribution in [-0.2, 0) is 0 Å². The highest BCUT2D eigenvalue weighted by Gasteiger charge is 2.08. The van der Waals surface area contributed by atoms with Crippen LogP contribution >= 0.6 is 12.2 Å². The van der Waals surface area contributed by atoms with Crippen molar-refractivity contribution in [3.63, 3.8) is 0 Å². The van der Waals surface area contributed by atoms with Gasteiger partial charge in [-0.05, 0) is 12.1 Å². The molecule has 20 heavy (non-hydrogen) atoms. The van der Waals surface area contributed by atoms with Crippen molar-refractivity contribution in [3.05, 3.63) is 65.3 Å². The van der Waals surface area contributed by atoms with Crippen molar-refractivity contribution in [2.45, 2.75) is 0 Å². The topological polar surface area (TPSA) is 41.6 Å². The SMILES string of the molecule is Fc1cnccc1-c1cc(=S)nc(-c2ccccc2)[nH]1. The molecule has 0 spiro atoms. The number of aromatic amines is 1. The van der Waals surface area contributed by atoms with E-state index in [2.05, 4.69) is 15.0 Å². The van der Waals surface area contributed by atoms with E-state index in [0.29, 0.717) is 21.7 Å². The lowest BCUT2D eigenvalue weighted by atomic mass is 10.1. The van der Waals surface area contributed by atoms with Gasteiger partial charge < -0.3 is 4.98 Å². The van der Waals surface area contributed by atoms with Crippen LogP contribution < -0.4 is 0 Å². The summed E-state index contributed by atoms with van der Waals surface area (Å²) in [6.07, 6.45) is 2.72. The zero-order chi connectivity index (χ0) is 13.9. The lowest BCUT2D eigenvalue weighted by Crippen LogP contribution is -1.94. The number of rotatable bonds is 2. The number of nitrogens with zero attached hydrogens (tertiary/aromatic N) is 2. The average Bonchev–Trinajstić information content (AvgIpc) is 2.48. The summed E-state index contributed by atoms with van der Waals surface area (Å²) >= 11 is 5.16. The molecule has 0 aliphatic carbocycles. The Hall–Kier alpha value is -2.40. The fourth-order valence-electron chi connectivity index (χ4n) is 1.93. The minimum Gasteiger partial charge on any atom is -0.339 e. The lowest BCUT2D eigenvalue weighted by Gasteiger charge is -2.07. The third-order valence-corrected chi connectivity index (χ3v) is 3.06. The molecule has 0 atom stereocenters. The number of hydrogen-bond acceptors (Lipinski definition) is 3. The number of pyridine rings is 1. The molecule has 0 aliphatic rings. The predicted molar refractivity (Wildman–Crippen MR) is 78.0 cm³/mol. The minimum atomic E-state index is -0.400. The van der Waals surface area contributed by atoms with Crippen molar-refractivity contribution >= 4 is 12.2 Å². The van der Waals surface area contributed by atoms with E-state index in [1.165, 1.54) is 12.4 Å². The first-order valence-corrected chi connectivity index (χ1v) is 6.41.